The van der Waals surface area contributed by atoms with Crippen LogP contribution in [-0.2, 0) is 6.54 Å². The van der Waals surface area contributed by atoms with Gasteiger partial charge in [0.05, 0.1) is 19.8 Å². The molecule has 6 heteroatoms. The van der Waals surface area contributed by atoms with Crippen molar-refractivity contribution in [3.05, 3.63) is 23.8 Å². The minimum atomic E-state index is -0.578. The van der Waals surface area contributed by atoms with E-state index in [-0.39, 0.29) is 12.7 Å². The van der Waals surface area contributed by atoms with Gasteiger partial charge in [0.25, 0.3) is 0 Å². The van der Waals surface area contributed by atoms with Crippen molar-refractivity contribution in [1.29, 1.82) is 0 Å². The number of aliphatic hydroxyl groups is 2. The van der Waals surface area contributed by atoms with E-state index >= 15 is 0 Å². The van der Waals surface area contributed by atoms with Crippen LogP contribution in [0, 0.1) is 12.3 Å². The molecule has 0 bridgehead atoms. The number of ether oxygens (including phenoxy) is 2. The molecular weight excluding hydrogens is 392 g/mol. The minimum Gasteiger partial charge on any atom is -0.497 e. The number of methoxy groups -OCH3 is 1. The summed E-state index contributed by atoms with van der Waals surface area (Å²) in [6, 6.07) is 6.33. The zero-order valence-electron chi connectivity index (χ0n) is 18.8. The summed E-state index contributed by atoms with van der Waals surface area (Å²) in [4.78, 5) is 4.56. The summed E-state index contributed by atoms with van der Waals surface area (Å²) in [6.45, 7) is 3.75. The Bertz CT molecular complexity index is 706. The number of hydrogen-bond acceptors (Lipinski definition) is 6. The van der Waals surface area contributed by atoms with E-state index in [9.17, 15) is 10.2 Å². The third kappa shape index (κ3) is 7.40. The molecule has 1 aliphatic carbocycles. The van der Waals surface area contributed by atoms with Crippen molar-refractivity contribution in [3.8, 4) is 23.8 Å². The minimum absolute atomic E-state index is 0.207. The van der Waals surface area contributed by atoms with Crippen LogP contribution in [0.3, 0.4) is 0 Å². The highest BCUT2D eigenvalue weighted by Crippen LogP contribution is 2.29. The first-order chi connectivity index (χ1) is 15.1. The molecule has 1 aromatic rings. The smallest absolute Gasteiger partial charge is 0.124 e. The van der Waals surface area contributed by atoms with Gasteiger partial charge in [-0.1, -0.05) is 25.2 Å². The predicted octanol–water partition coefficient (Wildman–Crippen LogP) is 2.66. The lowest BCUT2D eigenvalue weighted by molar-refractivity contribution is 0.0334. The second kappa shape index (κ2) is 12.3. The van der Waals surface area contributed by atoms with Gasteiger partial charge in [0.2, 0.25) is 0 Å². The van der Waals surface area contributed by atoms with Crippen molar-refractivity contribution in [3.63, 3.8) is 0 Å². The van der Waals surface area contributed by atoms with Gasteiger partial charge in [-0.15, -0.1) is 6.42 Å². The normalized spacial score (nSPS) is 19.8. The lowest BCUT2D eigenvalue weighted by atomic mass is 9.93. The Morgan fingerprint density at radius 2 is 1.94 bits per heavy atom. The van der Waals surface area contributed by atoms with Crippen LogP contribution in [0.5, 0.6) is 11.5 Å². The van der Waals surface area contributed by atoms with Gasteiger partial charge in [-0.2, -0.15) is 0 Å². The van der Waals surface area contributed by atoms with Crippen LogP contribution in [0.2, 0.25) is 0 Å². The van der Waals surface area contributed by atoms with Crippen LogP contribution in [0.4, 0.5) is 0 Å². The van der Waals surface area contributed by atoms with Gasteiger partial charge < -0.3 is 24.6 Å². The van der Waals surface area contributed by atoms with Gasteiger partial charge in [0.1, 0.15) is 24.2 Å². The Morgan fingerprint density at radius 1 is 1.19 bits per heavy atom. The van der Waals surface area contributed by atoms with Gasteiger partial charge in [-0.3, -0.25) is 4.90 Å². The van der Waals surface area contributed by atoms with Gasteiger partial charge in [0.15, 0.2) is 0 Å². The zero-order valence-corrected chi connectivity index (χ0v) is 18.8. The Kier molecular flexibility index (Phi) is 9.48. The molecule has 1 aromatic carbocycles. The molecule has 0 aromatic heterocycles. The SMILES string of the molecule is C#CCN(Cc1cc(OC)ccc1OC[C@H](O)CN1CCC(O)CC1)C1CCCCC1. The van der Waals surface area contributed by atoms with E-state index in [1.54, 1.807) is 7.11 Å². The van der Waals surface area contributed by atoms with E-state index in [0.29, 0.717) is 25.7 Å². The number of aliphatic hydroxyl groups excluding tert-OH is 2. The van der Waals surface area contributed by atoms with E-state index in [4.69, 9.17) is 15.9 Å². The maximum atomic E-state index is 10.5. The molecule has 1 heterocycles. The number of β-amino-alcohol motifs (C(OH)–C–C–N with tert-alkyl or cyclic N) is 1. The molecule has 31 heavy (non-hydrogen) atoms. The fraction of sp³-hybridized carbons (Fsp3) is 0.680. The summed E-state index contributed by atoms with van der Waals surface area (Å²) in [5, 5.41) is 20.1. The molecule has 1 aliphatic heterocycles. The molecule has 2 N–H and O–H groups in total. The molecule has 0 spiro atoms. The van der Waals surface area contributed by atoms with Crippen LogP contribution in [-0.4, -0.2) is 78.2 Å². The largest absolute Gasteiger partial charge is 0.497 e. The second-order valence-electron chi connectivity index (χ2n) is 8.87. The molecule has 2 aliphatic rings. The number of rotatable bonds is 10. The predicted molar refractivity (Wildman–Crippen MR) is 122 cm³/mol. The van der Waals surface area contributed by atoms with Gasteiger partial charge in [0, 0.05) is 37.8 Å². The van der Waals surface area contributed by atoms with E-state index < -0.39 is 6.10 Å². The molecule has 2 fully saturated rings. The summed E-state index contributed by atoms with van der Waals surface area (Å²) in [7, 11) is 1.67. The first-order valence-corrected chi connectivity index (χ1v) is 11.6. The Morgan fingerprint density at radius 3 is 2.61 bits per heavy atom. The van der Waals surface area contributed by atoms with E-state index in [2.05, 4.69) is 15.7 Å². The van der Waals surface area contributed by atoms with Gasteiger partial charge in [-0.05, 0) is 43.9 Å². The third-order valence-corrected chi connectivity index (χ3v) is 6.48. The zero-order chi connectivity index (χ0) is 22.1. The summed E-state index contributed by atoms with van der Waals surface area (Å²) < 4.78 is 11.5. The fourth-order valence-electron chi connectivity index (χ4n) is 4.68. The molecule has 0 unspecified atom stereocenters. The van der Waals surface area contributed by atoms with E-state index in [1.165, 1.54) is 32.1 Å². The first-order valence-electron chi connectivity index (χ1n) is 11.6. The van der Waals surface area contributed by atoms with Crippen LogP contribution < -0.4 is 9.47 Å². The number of likely N-dealkylation sites (tertiary alicyclic amines) is 1. The molecule has 1 saturated heterocycles. The third-order valence-electron chi connectivity index (χ3n) is 6.48. The monoisotopic (exact) mass is 430 g/mol. The lowest BCUT2D eigenvalue weighted by Crippen LogP contribution is -2.42. The van der Waals surface area contributed by atoms with Crippen molar-refractivity contribution in [2.24, 2.45) is 0 Å². The van der Waals surface area contributed by atoms with E-state index in [0.717, 1.165) is 43.0 Å². The Labute approximate surface area is 187 Å². The number of terminal acetylenes is 1. The average molecular weight is 431 g/mol. The molecular formula is C25H38N2O4. The molecule has 1 saturated carbocycles. The van der Waals surface area contributed by atoms with Crippen molar-refractivity contribution in [2.75, 3.05) is 39.9 Å². The quantitative estimate of drug-likeness (QED) is 0.557. The van der Waals surface area contributed by atoms with Gasteiger partial charge >= 0.3 is 0 Å². The van der Waals surface area contributed by atoms with Crippen LogP contribution >= 0.6 is 0 Å². The fourth-order valence-corrected chi connectivity index (χ4v) is 4.68. The highest BCUT2D eigenvalue weighted by atomic mass is 16.5. The number of hydrogen-bond donors (Lipinski definition) is 2. The molecule has 1 atom stereocenters. The summed E-state index contributed by atoms with van der Waals surface area (Å²) in [6.07, 6.45) is 12.6. The van der Waals surface area contributed by atoms with Crippen LogP contribution in [0.25, 0.3) is 0 Å². The molecule has 6 nitrogen and oxygen atoms in total. The summed E-state index contributed by atoms with van der Waals surface area (Å²) in [5.41, 5.74) is 1.04. The maximum Gasteiger partial charge on any atom is 0.124 e. The Hall–Kier alpha value is -1.78. The Balaban J connectivity index is 1.62. The molecule has 172 valence electrons. The van der Waals surface area contributed by atoms with Crippen molar-refractivity contribution in [2.45, 2.75) is 69.7 Å². The first kappa shape index (κ1) is 23.9. The average Bonchev–Trinajstić information content (AvgIpc) is 2.80. The highest BCUT2D eigenvalue weighted by Gasteiger charge is 2.23. The summed E-state index contributed by atoms with van der Waals surface area (Å²) >= 11 is 0. The summed E-state index contributed by atoms with van der Waals surface area (Å²) in [5.74, 6) is 4.38. The molecule has 0 radical (unpaired) electrons. The van der Waals surface area contributed by atoms with Crippen LogP contribution in [0.1, 0.15) is 50.5 Å². The number of benzene rings is 1. The maximum absolute atomic E-state index is 10.5. The lowest BCUT2D eigenvalue weighted by Gasteiger charge is -2.33. The highest BCUT2D eigenvalue weighted by molar-refractivity contribution is 5.40. The van der Waals surface area contributed by atoms with Gasteiger partial charge in [-0.25, -0.2) is 0 Å². The molecule has 0 amide bonds. The van der Waals surface area contributed by atoms with Crippen molar-refractivity contribution >= 4 is 0 Å². The number of piperidine rings is 1. The standard InChI is InChI=1S/C25H38N2O4/c1-3-13-27(21-7-5-4-6-8-21)17-20-16-24(30-2)9-10-25(20)31-19-23(29)18-26-14-11-22(28)12-15-26/h1,9-10,16,21-23,28-29H,4-8,11-15,17-19H2,2H3/t23-/m1/s1. The van der Waals surface area contributed by atoms with Crippen LogP contribution in [0.15, 0.2) is 18.2 Å². The number of nitrogens with zero attached hydrogens (tertiary/aromatic N) is 2. The van der Waals surface area contributed by atoms with Crippen molar-refractivity contribution in [1.82, 2.24) is 9.80 Å². The van der Waals surface area contributed by atoms with E-state index in [1.807, 2.05) is 18.2 Å². The molecule has 3 rings (SSSR count). The second-order valence-corrected chi connectivity index (χ2v) is 8.87. The van der Waals surface area contributed by atoms with Crippen molar-refractivity contribution < 1.29 is 19.7 Å². The topological polar surface area (TPSA) is 65.4 Å².